The number of carbonyl (C=O) groups excluding carboxylic acids is 2. The average Bonchev–Trinajstić information content (AvgIpc) is 3.72. The Morgan fingerprint density at radius 2 is 2.11 bits per heavy atom. The Morgan fingerprint density at radius 1 is 1.30 bits per heavy atom. The quantitative estimate of drug-likeness (QED) is 0.325. The second-order valence-corrected chi connectivity index (χ2v) is 9.72. The van der Waals surface area contributed by atoms with E-state index in [0.717, 1.165) is 35.2 Å². The third-order valence-electron chi connectivity index (χ3n) is 6.92. The highest BCUT2D eigenvalue weighted by molar-refractivity contribution is 6.03. The van der Waals surface area contributed by atoms with Gasteiger partial charge in [-0.1, -0.05) is 24.3 Å². The number of alkyl halides is 2. The highest BCUT2D eigenvalue weighted by Crippen LogP contribution is 2.44. The molecule has 2 aliphatic rings. The zero-order valence-corrected chi connectivity index (χ0v) is 20.8. The van der Waals surface area contributed by atoms with Gasteiger partial charge in [0.1, 0.15) is 24.2 Å². The normalized spacial score (nSPS) is 20.7. The summed E-state index contributed by atoms with van der Waals surface area (Å²) >= 11 is 0. The number of benzene rings is 1. The lowest BCUT2D eigenvalue weighted by atomic mass is 9.93. The molecule has 1 saturated carbocycles. The first kappa shape index (κ1) is 26.7. The van der Waals surface area contributed by atoms with E-state index in [9.17, 15) is 18.4 Å². The molecule has 1 saturated heterocycles. The molecule has 2 unspecified atom stereocenters. The van der Waals surface area contributed by atoms with E-state index in [1.54, 1.807) is 29.4 Å². The highest BCUT2D eigenvalue weighted by atomic mass is 19.2. The van der Waals surface area contributed by atoms with Gasteiger partial charge in [-0.2, -0.15) is 0 Å². The summed E-state index contributed by atoms with van der Waals surface area (Å²) in [6, 6.07) is 10.9. The Kier molecular flexibility index (Phi) is 8.50. The zero-order valence-electron chi connectivity index (χ0n) is 20.8. The van der Waals surface area contributed by atoms with Crippen molar-refractivity contribution >= 4 is 28.8 Å². The Hall–Kier alpha value is -3.37. The van der Waals surface area contributed by atoms with E-state index in [-0.39, 0.29) is 43.7 Å². The highest BCUT2D eigenvalue weighted by Gasteiger charge is 2.53. The molecule has 2 fully saturated rings. The van der Waals surface area contributed by atoms with Crippen molar-refractivity contribution in [3.8, 4) is 0 Å². The van der Waals surface area contributed by atoms with Crippen molar-refractivity contribution in [3.63, 3.8) is 0 Å². The van der Waals surface area contributed by atoms with Crippen LogP contribution in [0.25, 0.3) is 5.57 Å². The molecule has 0 radical (unpaired) electrons. The first-order valence-corrected chi connectivity index (χ1v) is 12.6. The molecular weight excluding hydrogens is 478 g/mol. The predicted molar refractivity (Wildman–Crippen MR) is 140 cm³/mol. The van der Waals surface area contributed by atoms with E-state index >= 15 is 0 Å². The van der Waals surface area contributed by atoms with Gasteiger partial charge >= 0.3 is 0 Å². The summed E-state index contributed by atoms with van der Waals surface area (Å²) < 4.78 is 25.4. The minimum Gasteiger partial charge on any atom is -0.388 e. The summed E-state index contributed by atoms with van der Waals surface area (Å²) in [6.45, 7) is -0.344. The summed E-state index contributed by atoms with van der Waals surface area (Å²) in [6.07, 6.45) is 4.46. The van der Waals surface area contributed by atoms with Gasteiger partial charge in [0.05, 0.1) is 6.54 Å². The number of nitrogens with one attached hydrogen (secondary N) is 2. The molecular formula is C27H34F2N6O2. The van der Waals surface area contributed by atoms with Crippen molar-refractivity contribution in [1.29, 1.82) is 0 Å². The van der Waals surface area contributed by atoms with E-state index in [1.165, 1.54) is 0 Å². The lowest BCUT2D eigenvalue weighted by Gasteiger charge is -2.23. The number of Topliss-reactive ketones (excluding diaryl/α,β-unsaturated/α-hetero) is 1. The molecule has 1 amide bonds. The fourth-order valence-corrected chi connectivity index (χ4v) is 4.65. The van der Waals surface area contributed by atoms with Gasteiger partial charge in [0.15, 0.2) is 5.78 Å². The predicted octanol–water partition coefficient (Wildman–Crippen LogP) is 2.35. The van der Waals surface area contributed by atoms with Crippen molar-refractivity contribution in [2.45, 2.75) is 37.4 Å². The lowest BCUT2D eigenvalue weighted by Crippen LogP contribution is -2.50. The Bertz CT molecular complexity index is 1160. The fraction of sp³-hybridized carbons (Fsp3) is 0.444. The van der Waals surface area contributed by atoms with Gasteiger partial charge in [-0.3, -0.25) is 9.59 Å². The number of hydrogen-bond acceptors (Lipinski definition) is 7. The smallest absolute Gasteiger partial charge is 0.247 e. The minimum atomic E-state index is -1.57. The van der Waals surface area contributed by atoms with Gasteiger partial charge in [0, 0.05) is 50.2 Å². The molecule has 6 N–H and O–H groups in total. The van der Waals surface area contributed by atoms with Crippen LogP contribution in [0.1, 0.15) is 30.4 Å². The van der Waals surface area contributed by atoms with Crippen LogP contribution in [0.5, 0.6) is 0 Å². The lowest BCUT2D eigenvalue weighted by molar-refractivity contribution is -0.122. The Balaban J connectivity index is 1.33. The molecule has 0 bridgehead atoms. The number of amides is 1. The van der Waals surface area contributed by atoms with Crippen molar-refractivity contribution in [2.24, 2.45) is 17.4 Å². The molecule has 2 atom stereocenters. The number of halogens is 2. The SMILES string of the molecule is NC/C(=C\NCC(F)CF)c1cccc(CC(=O)CNc2cc(N3CCC(N)(C4CC4)C3=O)ccn2)c1. The second kappa shape index (κ2) is 11.8. The van der Waals surface area contributed by atoms with Crippen LogP contribution in [-0.2, 0) is 16.0 Å². The molecule has 8 nitrogen and oxygen atoms in total. The number of carbonyl (C=O) groups is 2. The molecule has 37 heavy (non-hydrogen) atoms. The molecule has 4 rings (SSSR count). The molecule has 2 heterocycles. The maximum atomic E-state index is 13.1. The molecule has 0 spiro atoms. The second-order valence-electron chi connectivity index (χ2n) is 9.72. The van der Waals surface area contributed by atoms with Crippen LogP contribution in [0.15, 0.2) is 48.8 Å². The monoisotopic (exact) mass is 512 g/mol. The van der Waals surface area contributed by atoms with Gasteiger partial charge in [0.25, 0.3) is 0 Å². The van der Waals surface area contributed by atoms with Crippen LogP contribution in [0.4, 0.5) is 20.3 Å². The van der Waals surface area contributed by atoms with Gasteiger partial charge in [-0.15, -0.1) is 0 Å². The molecule has 1 aliphatic carbocycles. The molecule has 1 aromatic carbocycles. The number of hydrogen-bond donors (Lipinski definition) is 4. The summed E-state index contributed by atoms with van der Waals surface area (Å²) in [4.78, 5) is 31.6. The van der Waals surface area contributed by atoms with E-state index < -0.39 is 18.4 Å². The topological polar surface area (TPSA) is 126 Å². The zero-order chi connectivity index (χ0) is 26.4. The maximum Gasteiger partial charge on any atom is 0.247 e. The number of ketones is 1. The first-order chi connectivity index (χ1) is 17.8. The van der Waals surface area contributed by atoms with Crippen LogP contribution < -0.4 is 27.0 Å². The summed E-state index contributed by atoms with van der Waals surface area (Å²) in [5.74, 6) is 0.691. The third-order valence-corrected chi connectivity index (χ3v) is 6.92. The molecule has 198 valence electrons. The first-order valence-electron chi connectivity index (χ1n) is 12.6. The summed E-state index contributed by atoms with van der Waals surface area (Å²) in [5, 5.41) is 5.81. The van der Waals surface area contributed by atoms with Gasteiger partial charge in [-0.05, 0) is 47.9 Å². The van der Waals surface area contributed by atoms with Crippen molar-refractivity contribution in [3.05, 3.63) is 59.9 Å². The van der Waals surface area contributed by atoms with Gasteiger partial charge < -0.3 is 27.0 Å². The number of pyridine rings is 1. The number of anilines is 2. The van der Waals surface area contributed by atoms with Crippen LogP contribution in [0.3, 0.4) is 0 Å². The minimum absolute atomic E-state index is 0.0452. The van der Waals surface area contributed by atoms with E-state index in [0.29, 0.717) is 18.8 Å². The standard InChI is InChI=1S/C27H34F2N6O2/c28-13-22(29)16-32-15-20(14-30)19-3-1-2-18(10-19)11-24(36)17-34-25-12-23(6-8-33-25)35-9-7-27(31,26(35)37)21-4-5-21/h1-3,6,8,10,12,15,21-22,32H,4-5,7,9,11,13-14,16-17,30-31H2,(H,33,34)/b20-15+. The number of nitrogens with two attached hydrogens (primary N) is 2. The van der Waals surface area contributed by atoms with Crippen molar-refractivity contribution in [1.82, 2.24) is 10.3 Å². The largest absolute Gasteiger partial charge is 0.388 e. The Morgan fingerprint density at radius 3 is 2.84 bits per heavy atom. The third kappa shape index (κ3) is 6.50. The average molecular weight is 513 g/mol. The fourth-order valence-electron chi connectivity index (χ4n) is 4.65. The summed E-state index contributed by atoms with van der Waals surface area (Å²) in [7, 11) is 0. The van der Waals surface area contributed by atoms with Gasteiger partial charge in [-0.25, -0.2) is 13.8 Å². The Labute approximate surface area is 215 Å². The van der Waals surface area contributed by atoms with Crippen molar-refractivity contribution in [2.75, 3.05) is 43.1 Å². The van der Waals surface area contributed by atoms with Crippen LogP contribution in [0, 0.1) is 5.92 Å². The molecule has 1 aliphatic heterocycles. The van der Waals surface area contributed by atoms with Gasteiger partial charge in [0.2, 0.25) is 5.91 Å². The van der Waals surface area contributed by atoms with E-state index in [4.69, 9.17) is 11.5 Å². The summed E-state index contributed by atoms with van der Waals surface area (Å²) in [5.41, 5.74) is 14.5. The van der Waals surface area contributed by atoms with Crippen LogP contribution >= 0.6 is 0 Å². The number of rotatable bonds is 13. The number of aromatic nitrogens is 1. The van der Waals surface area contributed by atoms with Crippen molar-refractivity contribution < 1.29 is 18.4 Å². The van der Waals surface area contributed by atoms with E-state index in [2.05, 4.69) is 15.6 Å². The molecule has 10 heteroatoms. The van der Waals surface area contributed by atoms with Crippen LogP contribution in [-0.4, -0.2) is 61.2 Å². The molecule has 2 aromatic rings. The van der Waals surface area contributed by atoms with Crippen LogP contribution in [0.2, 0.25) is 0 Å². The number of nitrogens with zero attached hydrogens (tertiary/aromatic N) is 2. The van der Waals surface area contributed by atoms with E-state index in [1.807, 2.05) is 24.3 Å². The maximum absolute atomic E-state index is 13.1. The molecule has 1 aromatic heterocycles.